The second kappa shape index (κ2) is 3.69. The minimum atomic E-state index is -0.0302. The van der Waals surface area contributed by atoms with Crippen LogP contribution in [0.3, 0.4) is 0 Å². The summed E-state index contributed by atoms with van der Waals surface area (Å²) in [4.78, 5) is 0. The molecule has 1 aromatic carbocycles. The van der Waals surface area contributed by atoms with E-state index in [0.717, 1.165) is 29.4 Å². The molecule has 0 radical (unpaired) electrons. The molecule has 3 rings (SSSR count). The molecule has 1 aromatic rings. The highest BCUT2D eigenvalue weighted by Gasteiger charge is 2.57. The summed E-state index contributed by atoms with van der Waals surface area (Å²) in [6, 6.07) is 5.72. The molecule has 0 heterocycles. The lowest BCUT2D eigenvalue weighted by Crippen LogP contribution is -2.11. The number of rotatable bonds is 1. The summed E-state index contributed by atoms with van der Waals surface area (Å²) in [5.41, 5.74) is 3.20. The Morgan fingerprint density at radius 1 is 1.22 bits per heavy atom. The van der Waals surface area contributed by atoms with E-state index in [1.54, 1.807) is 0 Å². The first-order chi connectivity index (χ1) is 8.39. The van der Waals surface area contributed by atoms with Gasteiger partial charge in [-0.15, -0.1) is 0 Å². The number of hydrogen-bond donors (Lipinski definition) is 0. The predicted octanol–water partition coefficient (Wildman–Crippen LogP) is 4.83. The second-order valence-electron chi connectivity index (χ2n) is 6.97. The minimum absolute atomic E-state index is 0.0302. The minimum Gasteiger partial charge on any atom is -0.206 e. The third-order valence-corrected chi connectivity index (χ3v) is 4.62. The Bertz CT molecular complexity index is 519. The Morgan fingerprint density at radius 3 is 2.50 bits per heavy atom. The van der Waals surface area contributed by atoms with Gasteiger partial charge in [-0.05, 0) is 47.6 Å². The largest absolute Gasteiger partial charge is 0.206 e. The average Bonchev–Trinajstić information content (AvgIpc) is 2.81. The fraction of sp³-hybridized carbons (Fsp3) is 0.529. The highest BCUT2D eigenvalue weighted by Crippen LogP contribution is 2.64. The first kappa shape index (κ1) is 12.0. The summed E-state index contributed by atoms with van der Waals surface area (Å²) < 4.78 is 14.1. The summed E-state index contributed by atoms with van der Waals surface area (Å²) in [7, 11) is 0. The van der Waals surface area contributed by atoms with E-state index in [2.05, 4.69) is 26.8 Å². The second-order valence-corrected chi connectivity index (χ2v) is 6.97. The van der Waals surface area contributed by atoms with Gasteiger partial charge in [0.15, 0.2) is 0 Å². The van der Waals surface area contributed by atoms with Crippen molar-refractivity contribution in [2.24, 2.45) is 23.2 Å². The zero-order chi connectivity index (χ0) is 13.1. The number of aryl methyl sites for hydroxylation is 1. The van der Waals surface area contributed by atoms with Gasteiger partial charge in [-0.25, -0.2) is 4.39 Å². The van der Waals surface area contributed by atoms with E-state index >= 15 is 0 Å². The molecule has 18 heavy (non-hydrogen) atoms. The Labute approximate surface area is 109 Å². The van der Waals surface area contributed by atoms with Crippen molar-refractivity contribution >= 4 is 5.57 Å². The molecule has 0 amide bonds. The zero-order valence-electron chi connectivity index (χ0n) is 11.6. The smallest absolute Gasteiger partial charge is 0.133 e. The molecule has 0 bridgehead atoms. The number of allylic oxidation sites excluding steroid dienone is 2. The maximum Gasteiger partial charge on any atom is 0.133 e. The molecule has 0 spiro atoms. The molecule has 1 saturated carbocycles. The molecule has 0 aromatic heterocycles. The van der Waals surface area contributed by atoms with E-state index in [4.69, 9.17) is 0 Å². The molecule has 0 N–H and O–H groups in total. The molecule has 1 heteroatoms. The third-order valence-electron chi connectivity index (χ3n) is 4.62. The van der Waals surface area contributed by atoms with Gasteiger partial charge in [0.25, 0.3) is 0 Å². The third kappa shape index (κ3) is 1.72. The van der Waals surface area contributed by atoms with Crippen molar-refractivity contribution in [1.82, 2.24) is 0 Å². The Kier molecular flexibility index (Phi) is 2.45. The van der Waals surface area contributed by atoms with Gasteiger partial charge in [-0.3, -0.25) is 0 Å². The fourth-order valence-electron chi connectivity index (χ4n) is 3.76. The number of benzene rings is 1. The Balaban J connectivity index is 1.86. The van der Waals surface area contributed by atoms with Crippen LogP contribution in [0.4, 0.5) is 4.39 Å². The monoisotopic (exact) mass is 244 g/mol. The Hall–Kier alpha value is -1.11. The molecule has 1 fully saturated rings. The van der Waals surface area contributed by atoms with Gasteiger partial charge in [0.1, 0.15) is 5.82 Å². The van der Waals surface area contributed by atoms with Crippen LogP contribution < -0.4 is 0 Å². The Morgan fingerprint density at radius 2 is 1.94 bits per heavy atom. The molecule has 0 saturated heterocycles. The average molecular weight is 244 g/mol. The van der Waals surface area contributed by atoms with Crippen LogP contribution in [0.2, 0.25) is 0 Å². The van der Waals surface area contributed by atoms with Crippen LogP contribution in [0.1, 0.15) is 38.3 Å². The zero-order valence-corrected chi connectivity index (χ0v) is 11.6. The van der Waals surface area contributed by atoms with Crippen molar-refractivity contribution in [2.45, 2.75) is 34.1 Å². The normalized spacial score (nSPS) is 30.1. The fourth-order valence-corrected chi connectivity index (χ4v) is 3.76. The summed E-state index contributed by atoms with van der Waals surface area (Å²) >= 11 is 0. The molecule has 0 nitrogen and oxygen atoms in total. The van der Waals surface area contributed by atoms with Gasteiger partial charge >= 0.3 is 0 Å². The van der Waals surface area contributed by atoms with Crippen LogP contribution in [0.5, 0.6) is 0 Å². The highest BCUT2D eigenvalue weighted by molar-refractivity contribution is 5.71. The summed E-state index contributed by atoms with van der Waals surface area (Å²) in [5.74, 6) is 2.23. The first-order valence-corrected chi connectivity index (χ1v) is 6.86. The molecule has 0 aliphatic heterocycles. The summed E-state index contributed by atoms with van der Waals surface area (Å²) in [5, 5.41) is 0. The number of fused-ring (bicyclic) bond motifs is 1. The highest BCUT2D eigenvalue weighted by atomic mass is 19.1. The quantitative estimate of drug-likeness (QED) is 0.663. The molecular weight excluding hydrogens is 223 g/mol. The van der Waals surface area contributed by atoms with E-state index < -0.39 is 0 Å². The number of halogens is 1. The summed E-state index contributed by atoms with van der Waals surface area (Å²) in [6.07, 6.45) is 3.39. The van der Waals surface area contributed by atoms with Gasteiger partial charge in [0.05, 0.1) is 0 Å². The lowest BCUT2D eigenvalue weighted by atomic mass is 9.85. The predicted molar refractivity (Wildman–Crippen MR) is 73.7 cm³/mol. The molecule has 2 aliphatic carbocycles. The van der Waals surface area contributed by atoms with Crippen LogP contribution in [0.15, 0.2) is 24.3 Å². The SMILES string of the molecule is Cc1cccc(C2=CC3C(C2)C3C(C)(C)C)c1F. The van der Waals surface area contributed by atoms with Crippen LogP contribution in [-0.4, -0.2) is 0 Å². The van der Waals surface area contributed by atoms with Crippen molar-refractivity contribution < 1.29 is 4.39 Å². The van der Waals surface area contributed by atoms with Crippen molar-refractivity contribution in [1.29, 1.82) is 0 Å². The van der Waals surface area contributed by atoms with Gasteiger partial charge in [0, 0.05) is 5.56 Å². The van der Waals surface area contributed by atoms with E-state index in [9.17, 15) is 4.39 Å². The molecule has 96 valence electrons. The van der Waals surface area contributed by atoms with Crippen LogP contribution in [0.25, 0.3) is 5.57 Å². The maximum absolute atomic E-state index is 14.1. The lowest BCUT2D eigenvalue weighted by Gasteiger charge is -2.20. The van der Waals surface area contributed by atoms with E-state index in [1.165, 1.54) is 5.57 Å². The van der Waals surface area contributed by atoms with Gasteiger partial charge in [-0.1, -0.05) is 45.0 Å². The van der Waals surface area contributed by atoms with Crippen molar-refractivity contribution in [3.05, 3.63) is 41.2 Å². The van der Waals surface area contributed by atoms with Gasteiger partial charge in [-0.2, -0.15) is 0 Å². The molecule has 2 aliphatic rings. The van der Waals surface area contributed by atoms with Crippen LogP contribution in [-0.2, 0) is 0 Å². The lowest BCUT2D eigenvalue weighted by molar-refractivity contribution is 0.322. The topological polar surface area (TPSA) is 0 Å². The summed E-state index contributed by atoms with van der Waals surface area (Å²) in [6.45, 7) is 8.79. The van der Waals surface area contributed by atoms with Crippen LogP contribution in [0, 0.1) is 35.9 Å². The first-order valence-electron chi connectivity index (χ1n) is 6.86. The standard InChI is InChI=1S/C17H21F/c1-10-6-5-7-12(16(10)18)11-8-13-14(9-11)15(13)17(2,3)4/h5-8,13-15H,9H2,1-4H3. The van der Waals surface area contributed by atoms with Crippen LogP contribution >= 0.6 is 0 Å². The van der Waals surface area contributed by atoms with E-state index in [-0.39, 0.29) is 5.82 Å². The molecule has 3 unspecified atom stereocenters. The van der Waals surface area contributed by atoms with Crippen molar-refractivity contribution in [3.63, 3.8) is 0 Å². The van der Waals surface area contributed by atoms with E-state index in [1.807, 2.05) is 25.1 Å². The van der Waals surface area contributed by atoms with Gasteiger partial charge in [0.2, 0.25) is 0 Å². The van der Waals surface area contributed by atoms with E-state index in [0.29, 0.717) is 11.3 Å². The molecular formula is C17H21F. The van der Waals surface area contributed by atoms with Gasteiger partial charge < -0.3 is 0 Å². The van der Waals surface area contributed by atoms with Crippen molar-refractivity contribution in [2.75, 3.05) is 0 Å². The molecule has 3 atom stereocenters. The maximum atomic E-state index is 14.1. The van der Waals surface area contributed by atoms with Crippen molar-refractivity contribution in [3.8, 4) is 0 Å². The number of hydrogen-bond acceptors (Lipinski definition) is 0.